The molecule has 2 aromatic rings. The lowest BCUT2D eigenvalue weighted by molar-refractivity contribution is -0.130. The number of carbonyl (C=O) groups is 1. The minimum absolute atomic E-state index is 0.173. The number of pyridine rings is 1. The highest BCUT2D eigenvalue weighted by molar-refractivity contribution is 7.13. The Bertz CT molecular complexity index is 809. The standard InChI is InChI=1S/C20H28N6OS/c1-16-15-28-20(22-16)26-11-9-25(10-12-26)19-3-4-21-18(13-19)14-23-5-7-24(8-6-23)17(2)27/h3-4,13,15H,5-12,14H2,1-2H3. The topological polar surface area (TPSA) is 55.8 Å². The van der Waals surface area contributed by atoms with E-state index in [1.807, 2.05) is 11.1 Å². The van der Waals surface area contributed by atoms with E-state index in [1.165, 1.54) is 5.69 Å². The van der Waals surface area contributed by atoms with E-state index < -0.39 is 0 Å². The summed E-state index contributed by atoms with van der Waals surface area (Å²) in [6, 6.07) is 4.33. The number of piperazine rings is 2. The average Bonchev–Trinajstić information content (AvgIpc) is 3.15. The molecule has 150 valence electrons. The van der Waals surface area contributed by atoms with Gasteiger partial charge in [-0.2, -0.15) is 0 Å². The monoisotopic (exact) mass is 400 g/mol. The van der Waals surface area contributed by atoms with Gasteiger partial charge in [0.2, 0.25) is 5.91 Å². The van der Waals surface area contributed by atoms with E-state index in [4.69, 9.17) is 0 Å². The third-order valence-corrected chi connectivity index (χ3v) is 6.54. The Morgan fingerprint density at radius 3 is 2.43 bits per heavy atom. The molecule has 4 rings (SSSR count). The summed E-state index contributed by atoms with van der Waals surface area (Å²) in [5.41, 5.74) is 3.46. The number of anilines is 2. The molecule has 7 nitrogen and oxygen atoms in total. The Morgan fingerprint density at radius 1 is 1.07 bits per heavy atom. The fourth-order valence-electron chi connectivity index (χ4n) is 3.84. The van der Waals surface area contributed by atoms with Crippen molar-refractivity contribution in [1.82, 2.24) is 19.8 Å². The molecule has 0 atom stereocenters. The van der Waals surface area contributed by atoms with Crippen molar-refractivity contribution in [2.45, 2.75) is 20.4 Å². The van der Waals surface area contributed by atoms with Crippen molar-refractivity contribution in [2.24, 2.45) is 0 Å². The lowest BCUT2D eigenvalue weighted by Crippen LogP contribution is -2.47. The lowest BCUT2D eigenvalue weighted by atomic mass is 10.2. The van der Waals surface area contributed by atoms with Gasteiger partial charge < -0.3 is 14.7 Å². The molecule has 2 aliphatic rings. The fraction of sp³-hybridized carbons (Fsp3) is 0.550. The van der Waals surface area contributed by atoms with Crippen LogP contribution >= 0.6 is 11.3 Å². The van der Waals surface area contributed by atoms with E-state index in [0.717, 1.165) is 75.4 Å². The summed E-state index contributed by atoms with van der Waals surface area (Å²) in [6.07, 6.45) is 1.92. The zero-order chi connectivity index (χ0) is 19.5. The number of nitrogens with zero attached hydrogens (tertiary/aromatic N) is 6. The van der Waals surface area contributed by atoms with E-state index in [9.17, 15) is 4.79 Å². The summed E-state index contributed by atoms with van der Waals surface area (Å²) in [5.74, 6) is 0.173. The van der Waals surface area contributed by atoms with E-state index in [-0.39, 0.29) is 5.91 Å². The molecule has 2 fully saturated rings. The molecule has 0 bridgehead atoms. The normalized spacial score (nSPS) is 18.6. The SMILES string of the molecule is CC(=O)N1CCN(Cc2cc(N3CCN(c4nc(C)cs4)CC3)ccn2)CC1. The Balaban J connectivity index is 1.32. The van der Waals surface area contributed by atoms with Crippen LogP contribution in [0.3, 0.4) is 0 Å². The van der Waals surface area contributed by atoms with E-state index in [2.05, 4.69) is 49.1 Å². The molecule has 2 saturated heterocycles. The highest BCUT2D eigenvalue weighted by Crippen LogP contribution is 2.24. The summed E-state index contributed by atoms with van der Waals surface area (Å²) >= 11 is 1.73. The maximum Gasteiger partial charge on any atom is 0.219 e. The molecule has 0 N–H and O–H groups in total. The second kappa shape index (κ2) is 8.45. The maximum absolute atomic E-state index is 11.5. The molecule has 0 radical (unpaired) electrons. The molecule has 2 aliphatic heterocycles. The van der Waals surface area contributed by atoms with Gasteiger partial charge in [0.1, 0.15) is 0 Å². The first kappa shape index (κ1) is 19.1. The number of amides is 1. The van der Waals surface area contributed by atoms with Crippen LogP contribution in [0.1, 0.15) is 18.3 Å². The highest BCUT2D eigenvalue weighted by atomic mass is 32.1. The molecule has 0 spiro atoms. The van der Waals surface area contributed by atoms with E-state index in [1.54, 1.807) is 18.3 Å². The molecule has 8 heteroatoms. The molecule has 28 heavy (non-hydrogen) atoms. The summed E-state index contributed by atoms with van der Waals surface area (Å²) in [4.78, 5) is 29.8. The van der Waals surface area contributed by atoms with Crippen molar-refractivity contribution in [2.75, 3.05) is 62.2 Å². The van der Waals surface area contributed by atoms with Gasteiger partial charge >= 0.3 is 0 Å². The van der Waals surface area contributed by atoms with Gasteiger partial charge in [-0.25, -0.2) is 4.98 Å². The van der Waals surface area contributed by atoms with Crippen LogP contribution in [0.25, 0.3) is 0 Å². The number of aryl methyl sites for hydroxylation is 1. The first-order chi connectivity index (χ1) is 13.6. The Hall–Kier alpha value is -2.19. The number of aromatic nitrogens is 2. The predicted octanol–water partition coefficient (Wildman–Crippen LogP) is 1.84. The molecule has 0 aromatic carbocycles. The molecule has 1 amide bonds. The van der Waals surface area contributed by atoms with Crippen LogP contribution in [-0.4, -0.2) is 78.0 Å². The van der Waals surface area contributed by atoms with Gasteiger partial charge in [0.05, 0.1) is 11.4 Å². The zero-order valence-corrected chi connectivity index (χ0v) is 17.5. The third kappa shape index (κ3) is 4.44. The quantitative estimate of drug-likeness (QED) is 0.781. The van der Waals surface area contributed by atoms with Crippen LogP contribution < -0.4 is 9.80 Å². The first-order valence-corrected chi connectivity index (χ1v) is 10.8. The Labute approximate surface area is 170 Å². The van der Waals surface area contributed by atoms with Gasteiger partial charge in [0, 0.05) is 83.1 Å². The molecule has 4 heterocycles. The van der Waals surface area contributed by atoms with Gasteiger partial charge in [-0.15, -0.1) is 11.3 Å². The van der Waals surface area contributed by atoms with Gasteiger partial charge in [-0.05, 0) is 19.1 Å². The fourth-order valence-corrected chi connectivity index (χ4v) is 4.70. The van der Waals surface area contributed by atoms with Crippen molar-refractivity contribution in [1.29, 1.82) is 0 Å². The van der Waals surface area contributed by atoms with Gasteiger partial charge in [-0.3, -0.25) is 14.7 Å². The summed E-state index contributed by atoms with van der Waals surface area (Å²) < 4.78 is 0. The molecule has 2 aromatic heterocycles. The van der Waals surface area contributed by atoms with E-state index in [0.29, 0.717) is 0 Å². The van der Waals surface area contributed by atoms with Crippen molar-refractivity contribution in [3.05, 3.63) is 35.1 Å². The zero-order valence-electron chi connectivity index (χ0n) is 16.7. The van der Waals surface area contributed by atoms with Crippen LogP contribution in [0.15, 0.2) is 23.7 Å². The van der Waals surface area contributed by atoms with Gasteiger partial charge in [-0.1, -0.05) is 0 Å². The number of carbonyl (C=O) groups excluding carboxylic acids is 1. The second-order valence-corrected chi connectivity index (χ2v) is 8.37. The van der Waals surface area contributed by atoms with Crippen LogP contribution in [0.4, 0.5) is 10.8 Å². The van der Waals surface area contributed by atoms with Crippen molar-refractivity contribution >= 4 is 28.1 Å². The van der Waals surface area contributed by atoms with Crippen LogP contribution in [0.2, 0.25) is 0 Å². The molecule has 0 unspecified atom stereocenters. The van der Waals surface area contributed by atoms with E-state index >= 15 is 0 Å². The minimum Gasteiger partial charge on any atom is -0.368 e. The molecular weight excluding hydrogens is 372 g/mol. The van der Waals surface area contributed by atoms with Crippen LogP contribution in [0.5, 0.6) is 0 Å². The van der Waals surface area contributed by atoms with Crippen molar-refractivity contribution in [3.63, 3.8) is 0 Å². The van der Waals surface area contributed by atoms with Crippen LogP contribution in [0, 0.1) is 6.92 Å². The Kier molecular flexibility index (Phi) is 5.77. The smallest absolute Gasteiger partial charge is 0.219 e. The van der Waals surface area contributed by atoms with Gasteiger partial charge in [0.25, 0.3) is 0 Å². The highest BCUT2D eigenvalue weighted by Gasteiger charge is 2.21. The molecular formula is C20H28N6OS. The number of thiazole rings is 1. The lowest BCUT2D eigenvalue weighted by Gasteiger charge is -2.36. The predicted molar refractivity (Wildman–Crippen MR) is 113 cm³/mol. The number of hydrogen-bond acceptors (Lipinski definition) is 7. The summed E-state index contributed by atoms with van der Waals surface area (Å²) in [5, 5.41) is 3.25. The van der Waals surface area contributed by atoms with Crippen molar-refractivity contribution < 1.29 is 4.79 Å². The second-order valence-electron chi connectivity index (χ2n) is 7.53. The van der Waals surface area contributed by atoms with Crippen LogP contribution in [-0.2, 0) is 11.3 Å². The largest absolute Gasteiger partial charge is 0.368 e. The summed E-state index contributed by atoms with van der Waals surface area (Å²) in [7, 11) is 0. The van der Waals surface area contributed by atoms with Crippen molar-refractivity contribution in [3.8, 4) is 0 Å². The first-order valence-electron chi connectivity index (χ1n) is 9.93. The molecule has 0 aliphatic carbocycles. The summed E-state index contributed by atoms with van der Waals surface area (Å²) in [6.45, 7) is 12.0. The number of hydrogen-bond donors (Lipinski definition) is 0. The van der Waals surface area contributed by atoms with Gasteiger partial charge in [0.15, 0.2) is 5.13 Å². The molecule has 0 saturated carbocycles. The minimum atomic E-state index is 0.173. The number of rotatable bonds is 4. The third-order valence-electron chi connectivity index (χ3n) is 5.53. The Morgan fingerprint density at radius 2 is 1.79 bits per heavy atom. The average molecular weight is 401 g/mol. The maximum atomic E-state index is 11.5.